The van der Waals surface area contributed by atoms with Crippen LogP contribution in [0.1, 0.15) is 51.9 Å². The summed E-state index contributed by atoms with van der Waals surface area (Å²) in [6, 6.07) is 0.350. The van der Waals surface area contributed by atoms with Crippen molar-refractivity contribution in [2.75, 3.05) is 26.2 Å². The van der Waals surface area contributed by atoms with Gasteiger partial charge in [-0.25, -0.2) is 0 Å². The quantitative estimate of drug-likeness (QED) is 0.840. The molecule has 1 saturated carbocycles. The van der Waals surface area contributed by atoms with E-state index in [-0.39, 0.29) is 5.41 Å². The third-order valence-electron chi connectivity index (χ3n) is 5.68. The number of nitrogens with zero attached hydrogens (tertiary/aromatic N) is 1. The Balaban J connectivity index is 1.77. The minimum atomic E-state index is -0.107. The first-order valence-corrected chi connectivity index (χ1v) is 8.40. The summed E-state index contributed by atoms with van der Waals surface area (Å²) in [5, 5.41) is 3.39. The molecular formula is C16H28N2O2. The van der Waals surface area contributed by atoms with Crippen molar-refractivity contribution in [3.05, 3.63) is 0 Å². The number of piperidine rings is 1. The molecule has 1 N–H and O–H groups in total. The Kier molecular flexibility index (Phi) is 4.32. The average molecular weight is 280 g/mol. The molecule has 4 heteroatoms. The van der Waals surface area contributed by atoms with Crippen LogP contribution >= 0.6 is 0 Å². The van der Waals surface area contributed by atoms with Crippen LogP contribution in [-0.4, -0.2) is 49.2 Å². The van der Waals surface area contributed by atoms with Crippen molar-refractivity contribution in [2.24, 2.45) is 5.41 Å². The molecule has 3 aliphatic rings. The standard InChI is InChI=1S/C16H28N2O2/c1-2-16(7-9-17-10-8-16)15(19)18-11-12-20-14-6-4-3-5-13(14)18/h13-14,17H,2-12H2,1H3. The van der Waals surface area contributed by atoms with Gasteiger partial charge in [-0.1, -0.05) is 19.8 Å². The van der Waals surface area contributed by atoms with Crippen molar-refractivity contribution in [1.82, 2.24) is 10.2 Å². The van der Waals surface area contributed by atoms with Gasteiger partial charge < -0.3 is 15.0 Å². The SMILES string of the molecule is CCC1(C(=O)N2CCOC3CCCCC32)CCNCC1. The Hall–Kier alpha value is -0.610. The molecule has 2 heterocycles. The maximum absolute atomic E-state index is 13.2. The van der Waals surface area contributed by atoms with Gasteiger partial charge in [-0.2, -0.15) is 0 Å². The number of carbonyl (C=O) groups is 1. The fraction of sp³-hybridized carbons (Fsp3) is 0.938. The largest absolute Gasteiger partial charge is 0.374 e. The molecular weight excluding hydrogens is 252 g/mol. The average Bonchev–Trinajstić information content (AvgIpc) is 2.54. The lowest BCUT2D eigenvalue weighted by atomic mass is 9.74. The van der Waals surface area contributed by atoms with Crippen LogP contribution in [0.25, 0.3) is 0 Å². The predicted molar refractivity (Wildman–Crippen MR) is 78.5 cm³/mol. The minimum Gasteiger partial charge on any atom is -0.374 e. The summed E-state index contributed by atoms with van der Waals surface area (Å²) in [6.45, 7) is 5.68. The van der Waals surface area contributed by atoms with E-state index in [9.17, 15) is 4.79 Å². The molecule has 3 fully saturated rings. The van der Waals surface area contributed by atoms with Gasteiger partial charge in [-0.3, -0.25) is 4.79 Å². The van der Waals surface area contributed by atoms with Crippen LogP contribution < -0.4 is 5.32 Å². The molecule has 0 bridgehead atoms. The van der Waals surface area contributed by atoms with Crippen LogP contribution in [0.5, 0.6) is 0 Å². The van der Waals surface area contributed by atoms with E-state index in [1.54, 1.807) is 0 Å². The monoisotopic (exact) mass is 280 g/mol. The van der Waals surface area contributed by atoms with Crippen molar-refractivity contribution >= 4 is 5.91 Å². The summed E-state index contributed by atoms with van der Waals surface area (Å²) in [5.74, 6) is 0.418. The summed E-state index contributed by atoms with van der Waals surface area (Å²) >= 11 is 0. The van der Waals surface area contributed by atoms with Gasteiger partial charge in [0.2, 0.25) is 5.91 Å². The number of fused-ring (bicyclic) bond motifs is 1. The molecule has 0 aromatic carbocycles. The molecule has 1 aliphatic carbocycles. The highest BCUT2D eigenvalue weighted by Gasteiger charge is 2.45. The molecule has 20 heavy (non-hydrogen) atoms. The highest BCUT2D eigenvalue weighted by atomic mass is 16.5. The zero-order valence-electron chi connectivity index (χ0n) is 12.7. The zero-order valence-corrected chi connectivity index (χ0v) is 12.7. The second-order valence-electron chi connectivity index (χ2n) is 6.64. The van der Waals surface area contributed by atoms with E-state index >= 15 is 0 Å². The van der Waals surface area contributed by atoms with E-state index in [2.05, 4.69) is 17.1 Å². The molecule has 2 saturated heterocycles. The number of amides is 1. The van der Waals surface area contributed by atoms with Crippen LogP contribution in [0, 0.1) is 5.41 Å². The van der Waals surface area contributed by atoms with E-state index in [0.717, 1.165) is 58.3 Å². The highest BCUT2D eigenvalue weighted by molar-refractivity contribution is 5.83. The first-order valence-electron chi connectivity index (χ1n) is 8.40. The molecule has 0 spiro atoms. The first kappa shape index (κ1) is 14.3. The molecule has 0 aromatic heterocycles. The summed E-state index contributed by atoms with van der Waals surface area (Å²) in [5.41, 5.74) is -0.107. The molecule has 0 aromatic rings. The molecule has 3 rings (SSSR count). The number of hydrogen-bond donors (Lipinski definition) is 1. The van der Waals surface area contributed by atoms with Crippen LogP contribution in [0.2, 0.25) is 0 Å². The van der Waals surface area contributed by atoms with Gasteiger partial charge in [0.15, 0.2) is 0 Å². The van der Waals surface area contributed by atoms with E-state index in [4.69, 9.17) is 4.74 Å². The number of morpholine rings is 1. The van der Waals surface area contributed by atoms with E-state index in [1.807, 2.05) is 0 Å². The number of nitrogens with one attached hydrogen (secondary N) is 1. The predicted octanol–water partition coefficient (Wildman–Crippen LogP) is 1.94. The summed E-state index contributed by atoms with van der Waals surface area (Å²) < 4.78 is 5.91. The molecule has 4 nitrogen and oxygen atoms in total. The Morgan fingerprint density at radius 3 is 2.80 bits per heavy atom. The Morgan fingerprint density at radius 2 is 2.05 bits per heavy atom. The lowest BCUT2D eigenvalue weighted by Crippen LogP contribution is -2.59. The van der Waals surface area contributed by atoms with Crippen LogP contribution in [0.15, 0.2) is 0 Å². The van der Waals surface area contributed by atoms with Gasteiger partial charge in [0, 0.05) is 6.54 Å². The van der Waals surface area contributed by atoms with Crippen LogP contribution in [0.3, 0.4) is 0 Å². The third kappa shape index (κ3) is 2.48. The van der Waals surface area contributed by atoms with Crippen molar-refractivity contribution < 1.29 is 9.53 Å². The molecule has 1 amide bonds. The molecule has 114 valence electrons. The van der Waals surface area contributed by atoms with E-state index < -0.39 is 0 Å². The number of carbonyl (C=O) groups excluding carboxylic acids is 1. The van der Waals surface area contributed by atoms with Gasteiger partial charge in [0.05, 0.1) is 24.2 Å². The van der Waals surface area contributed by atoms with Gasteiger partial charge in [-0.15, -0.1) is 0 Å². The lowest BCUT2D eigenvalue weighted by Gasteiger charge is -2.48. The molecule has 2 atom stereocenters. The second kappa shape index (κ2) is 6.02. The van der Waals surface area contributed by atoms with Gasteiger partial charge >= 0.3 is 0 Å². The van der Waals surface area contributed by atoms with Gasteiger partial charge in [-0.05, 0) is 45.2 Å². The number of rotatable bonds is 2. The van der Waals surface area contributed by atoms with Crippen molar-refractivity contribution in [3.8, 4) is 0 Å². The first-order chi connectivity index (χ1) is 9.77. The third-order valence-corrected chi connectivity index (χ3v) is 5.68. The second-order valence-corrected chi connectivity index (χ2v) is 6.64. The molecule has 0 radical (unpaired) electrons. The Morgan fingerprint density at radius 1 is 1.30 bits per heavy atom. The van der Waals surface area contributed by atoms with E-state index in [0.29, 0.717) is 18.1 Å². The maximum Gasteiger partial charge on any atom is 0.229 e. The zero-order chi connectivity index (χ0) is 14.0. The molecule has 2 aliphatic heterocycles. The number of ether oxygens (including phenoxy) is 1. The van der Waals surface area contributed by atoms with Crippen molar-refractivity contribution in [3.63, 3.8) is 0 Å². The van der Waals surface area contributed by atoms with E-state index in [1.165, 1.54) is 12.8 Å². The minimum absolute atomic E-state index is 0.107. The van der Waals surface area contributed by atoms with Crippen LogP contribution in [-0.2, 0) is 9.53 Å². The van der Waals surface area contributed by atoms with Crippen LogP contribution in [0.4, 0.5) is 0 Å². The Labute approximate surface area is 122 Å². The van der Waals surface area contributed by atoms with Crippen molar-refractivity contribution in [2.45, 2.75) is 64.0 Å². The smallest absolute Gasteiger partial charge is 0.229 e. The normalized spacial score (nSPS) is 33.5. The lowest BCUT2D eigenvalue weighted by molar-refractivity contribution is -0.162. The summed E-state index contributed by atoms with van der Waals surface area (Å²) in [4.78, 5) is 15.4. The molecule has 2 unspecified atom stereocenters. The van der Waals surface area contributed by atoms with Gasteiger partial charge in [0.1, 0.15) is 0 Å². The topological polar surface area (TPSA) is 41.6 Å². The fourth-order valence-corrected chi connectivity index (χ4v) is 4.28. The maximum atomic E-state index is 13.2. The van der Waals surface area contributed by atoms with Crippen molar-refractivity contribution in [1.29, 1.82) is 0 Å². The highest BCUT2D eigenvalue weighted by Crippen LogP contribution is 2.38. The summed E-state index contributed by atoms with van der Waals surface area (Å²) in [6.07, 6.45) is 8.04. The fourth-order valence-electron chi connectivity index (χ4n) is 4.28. The number of hydrogen-bond acceptors (Lipinski definition) is 3. The summed E-state index contributed by atoms with van der Waals surface area (Å²) in [7, 11) is 0. The Bertz CT molecular complexity index is 350. The van der Waals surface area contributed by atoms with Gasteiger partial charge in [0.25, 0.3) is 0 Å².